The molecule has 1 heterocycles. The second-order valence-corrected chi connectivity index (χ2v) is 9.80. The fourth-order valence-corrected chi connectivity index (χ4v) is 4.31. The topological polar surface area (TPSA) is 70.2 Å². The zero-order valence-electron chi connectivity index (χ0n) is 18.7. The van der Waals surface area contributed by atoms with Gasteiger partial charge in [-0.2, -0.15) is 0 Å². The van der Waals surface area contributed by atoms with Crippen molar-refractivity contribution in [3.63, 3.8) is 0 Å². The second-order valence-electron chi connectivity index (χ2n) is 8.96. The highest BCUT2D eigenvalue weighted by atomic mass is 35.5. The van der Waals surface area contributed by atoms with Crippen LogP contribution in [0.3, 0.4) is 0 Å². The summed E-state index contributed by atoms with van der Waals surface area (Å²) < 4.78 is 14.7. The van der Waals surface area contributed by atoms with Gasteiger partial charge in [0.05, 0.1) is 10.9 Å². The molecule has 3 rings (SSSR count). The van der Waals surface area contributed by atoms with Gasteiger partial charge in [-0.15, -0.1) is 0 Å². The maximum absolute atomic E-state index is 14.7. The van der Waals surface area contributed by atoms with Crippen molar-refractivity contribution < 1.29 is 14.0 Å². The van der Waals surface area contributed by atoms with E-state index in [1.807, 2.05) is 0 Å². The first kappa shape index (κ1) is 26.1. The predicted octanol–water partition coefficient (Wildman–Crippen LogP) is 5.24. The van der Waals surface area contributed by atoms with E-state index in [1.165, 1.54) is 6.07 Å². The number of hydrogen-bond donors (Lipinski definition) is 3. The number of hydrogen-bond acceptors (Lipinski definition) is 3. The predicted molar refractivity (Wildman–Crippen MR) is 129 cm³/mol. The van der Waals surface area contributed by atoms with E-state index in [2.05, 4.69) is 36.7 Å². The molecular formula is C24H30Cl2FN3O2. The molecule has 2 aromatic carbocycles. The number of halogens is 3. The van der Waals surface area contributed by atoms with Crippen molar-refractivity contribution >= 4 is 41.2 Å². The van der Waals surface area contributed by atoms with E-state index >= 15 is 0 Å². The van der Waals surface area contributed by atoms with Crippen molar-refractivity contribution in [1.29, 1.82) is 0 Å². The molecule has 1 aliphatic rings. The van der Waals surface area contributed by atoms with Gasteiger partial charge in [-0.05, 0) is 41.7 Å². The standard InChI is InChI=1S/C22H25Cl2FN2O.C2H5NO/c1-22(2,3)11-18-19(21(28)27-14-7-4-6-13(23)10-14)16(12-26-18)15-8-5-9-17(24)20(15)25;1-3-2-4/h4-10,16,18-19,26H,11-12H2,1-3H3,(H,27,28);2H,1H3,(H,3,4). The van der Waals surface area contributed by atoms with E-state index in [9.17, 15) is 9.18 Å². The number of carbonyl (C=O) groups excluding carboxylic acids is 2. The van der Waals surface area contributed by atoms with Crippen LogP contribution in [0.1, 0.15) is 38.7 Å². The quantitative estimate of drug-likeness (QED) is 0.511. The lowest BCUT2D eigenvalue weighted by molar-refractivity contribution is -0.120. The van der Waals surface area contributed by atoms with Crippen LogP contribution in [-0.4, -0.2) is 32.0 Å². The van der Waals surface area contributed by atoms with Gasteiger partial charge in [0.1, 0.15) is 5.82 Å². The minimum Gasteiger partial charge on any atom is -0.362 e. The summed E-state index contributed by atoms with van der Waals surface area (Å²) >= 11 is 12.0. The van der Waals surface area contributed by atoms with Crippen LogP contribution in [0.2, 0.25) is 10.0 Å². The molecule has 3 atom stereocenters. The van der Waals surface area contributed by atoms with Gasteiger partial charge in [0.2, 0.25) is 12.3 Å². The third-order valence-electron chi connectivity index (χ3n) is 5.19. The van der Waals surface area contributed by atoms with Gasteiger partial charge in [-0.3, -0.25) is 9.59 Å². The lowest BCUT2D eigenvalue weighted by atomic mass is 9.78. The average molecular weight is 482 g/mol. The van der Waals surface area contributed by atoms with E-state index in [4.69, 9.17) is 28.0 Å². The van der Waals surface area contributed by atoms with Crippen molar-refractivity contribution in [2.24, 2.45) is 11.3 Å². The maximum atomic E-state index is 14.7. The Labute approximate surface area is 199 Å². The molecule has 0 radical (unpaired) electrons. The molecular weight excluding hydrogens is 452 g/mol. The van der Waals surface area contributed by atoms with E-state index in [-0.39, 0.29) is 28.3 Å². The Bertz CT molecular complexity index is 934. The number of nitrogens with one attached hydrogen (secondary N) is 3. The molecule has 1 aliphatic heterocycles. The molecule has 174 valence electrons. The van der Waals surface area contributed by atoms with Crippen molar-refractivity contribution in [3.05, 3.63) is 63.9 Å². The van der Waals surface area contributed by atoms with Gasteiger partial charge in [0, 0.05) is 36.3 Å². The largest absolute Gasteiger partial charge is 0.362 e. The maximum Gasteiger partial charge on any atom is 0.229 e. The summed E-state index contributed by atoms with van der Waals surface area (Å²) in [5.74, 6) is -1.32. The molecule has 3 N–H and O–H groups in total. The summed E-state index contributed by atoms with van der Waals surface area (Å²) in [6.07, 6.45) is 1.42. The van der Waals surface area contributed by atoms with Crippen LogP contribution in [-0.2, 0) is 9.59 Å². The molecule has 1 fully saturated rings. The Hall–Kier alpha value is -2.15. The molecule has 0 bridgehead atoms. The third kappa shape index (κ3) is 7.19. The number of anilines is 1. The molecule has 3 unspecified atom stereocenters. The van der Waals surface area contributed by atoms with E-state index in [0.717, 1.165) is 6.42 Å². The molecule has 0 aromatic heterocycles. The van der Waals surface area contributed by atoms with E-state index in [0.29, 0.717) is 29.2 Å². The van der Waals surface area contributed by atoms with Crippen molar-refractivity contribution in [1.82, 2.24) is 10.6 Å². The summed E-state index contributed by atoms with van der Waals surface area (Å²) in [6.45, 7) is 6.92. The summed E-state index contributed by atoms with van der Waals surface area (Å²) in [4.78, 5) is 22.3. The second kappa shape index (κ2) is 11.6. The number of benzene rings is 2. The van der Waals surface area contributed by atoms with Gasteiger partial charge >= 0.3 is 0 Å². The highest BCUT2D eigenvalue weighted by Crippen LogP contribution is 2.39. The Balaban J connectivity index is 0.000000837. The van der Waals surface area contributed by atoms with Crippen LogP contribution in [0.15, 0.2) is 42.5 Å². The average Bonchev–Trinajstić information content (AvgIpc) is 3.12. The smallest absolute Gasteiger partial charge is 0.229 e. The Morgan fingerprint density at radius 1 is 1.22 bits per heavy atom. The number of carbonyl (C=O) groups is 2. The van der Waals surface area contributed by atoms with Crippen LogP contribution < -0.4 is 16.0 Å². The Morgan fingerprint density at radius 2 is 1.88 bits per heavy atom. The zero-order chi connectivity index (χ0) is 23.9. The van der Waals surface area contributed by atoms with Crippen LogP contribution in [0.5, 0.6) is 0 Å². The van der Waals surface area contributed by atoms with Gasteiger partial charge < -0.3 is 16.0 Å². The highest BCUT2D eigenvalue weighted by Gasteiger charge is 2.43. The molecule has 2 aromatic rings. The Kier molecular flexibility index (Phi) is 9.49. The summed E-state index contributed by atoms with van der Waals surface area (Å²) in [5.41, 5.74) is 1.13. The molecule has 2 amide bonds. The molecule has 5 nitrogen and oxygen atoms in total. The molecule has 0 spiro atoms. The van der Waals surface area contributed by atoms with Crippen LogP contribution >= 0.6 is 23.2 Å². The van der Waals surface area contributed by atoms with E-state index in [1.54, 1.807) is 43.4 Å². The molecule has 8 heteroatoms. The molecule has 0 aliphatic carbocycles. The lowest BCUT2D eigenvalue weighted by Gasteiger charge is -2.29. The van der Waals surface area contributed by atoms with Crippen molar-refractivity contribution in [3.8, 4) is 0 Å². The van der Waals surface area contributed by atoms with Gasteiger partial charge in [0.25, 0.3) is 0 Å². The number of amides is 2. The minimum absolute atomic E-state index is 0.0218. The van der Waals surface area contributed by atoms with Crippen molar-refractivity contribution in [2.45, 2.75) is 39.2 Å². The first-order valence-corrected chi connectivity index (χ1v) is 11.2. The third-order valence-corrected chi connectivity index (χ3v) is 5.72. The minimum atomic E-state index is -0.451. The SMILES string of the molecule is CC(C)(C)CC1NCC(c2cccc(Cl)c2F)C1C(=O)Nc1cccc(Cl)c1.CNC=O. The summed E-state index contributed by atoms with van der Waals surface area (Å²) in [7, 11) is 1.56. The molecule has 32 heavy (non-hydrogen) atoms. The highest BCUT2D eigenvalue weighted by molar-refractivity contribution is 6.31. The van der Waals surface area contributed by atoms with E-state index < -0.39 is 11.7 Å². The number of rotatable bonds is 5. The van der Waals surface area contributed by atoms with Crippen molar-refractivity contribution in [2.75, 3.05) is 18.9 Å². The first-order valence-electron chi connectivity index (χ1n) is 10.4. The van der Waals surface area contributed by atoms with Crippen LogP contribution in [0.4, 0.5) is 10.1 Å². The molecule has 1 saturated heterocycles. The monoisotopic (exact) mass is 481 g/mol. The normalized spacial score (nSPS) is 20.2. The fraction of sp³-hybridized carbons (Fsp3) is 0.417. The fourth-order valence-electron chi connectivity index (χ4n) is 3.94. The summed E-state index contributed by atoms with van der Waals surface area (Å²) in [5, 5.41) is 9.27. The van der Waals surface area contributed by atoms with Crippen LogP contribution in [0, 0.1) is 17.2 Å². The van der Waals surface area contributed by atoms with Crippen LogP contribution in [0.25, 0.3) is 0 Å². The van der Waals surface area contributed by atoms with Gasteiger partial charge in [0.15, 0.2) is 0 Å². The van der Waals surface area contributed by atoms with Gasteiger partial charge in [-0.1, -0.05) is 62.2 Å². The Morgan fingerprint density at radius 3 is 2.47 bits per heavy atom. The zero-order valence-corrected chi connectivity index (χ0v) is 20.2. The molecule has 0 saturated carbocycles. The van der Waals surface area contributed by atoms with Gasteiger partial charge in [-0.25, -0.2) is 4.39 Å². The summed E-state index contributed by atoms with van der Waals surface area (Å²) in [6, 6.07) is 11.9. The first-order chi connectivity index (χ1) is 15.1. The lowest BCUT2D eigenvalue weighted by Crippen LogP contribution is -2.38.